The van der Waals surface area contributed by atoms with Gasteiger partial charge in [-0.2, -0.15) is 0 Å². The topological polar surface area (TPSA) is 29.1 Å². The number of nitrogens with one attached hydrogen (secondary N) is 1. The molecule has 1 N–H and O–H groups in total. The largest absolute Gasteiger partial charge is 0.323 e. The van der Waals surface area contributed by atoms with Gasteiger partial charge in [0, 0.05) is 5.92 Å². The summed E-state index contributed by atoms with van der Waals surface area (Å²) >= 11 is 5.61. The van der Waals surface area contributed by atoms with Crippen molar-refractivity contribution in [1.29, 1.82) is 0 Å². The maximum Gasteiger partial charge on any atom is 0.227 e. The zero-order chi connectivity index (χ0) is 12.1. The summed E-state index contributed by atoms with van der Waals surface area (Å²) in [4.78, 5) is 11.6. The highest BCUT2D eigenvalue weighted by Crippen LogP contribution is 2.22. The minimum atomic E-state index is -0.582. The lowest BCUT2D eigenvalue weighted by molar-refractivity contribution is -0.119. The first-order chi connectivity index (χ1) is 7.56. The molecule has 4 heteroatoms. The van der Waals surface area contributed by atoms with E-state index in [1.807, 2.05) is 13.8 Å². The molecular weight excluding hydrogens is 229 g/mol. The zero-order valence-corrected chi connectivity index (χ0v) is 10.1. The zero-order valence-electron chi connectivity index (χ0n) is 9.39. The first-order valence-electron chi connectivity index (χ1n) is 5.31. The molecule has 0 radical (unpaired) electrons. The summed E-state index contributed by atoms with van der Waals surface area (Å²) in [6.45, 7) is 3.82. The first-order valence-corrected chi connectivity index (χ1v) is 5.69. The van der Waals surface area contributed by atoms with Gasteiger partial charge in [0.2, 0.25) is 5.91 Å². The van der Waals surface area contributed by atoms with Gasteiger partial charge in [-0.1, -0.05) is 37.9 Å². The molecule has 1 aromatic carbocycles. The minimum Gasteiger partial charge on any atom is -0.323 e. The third-order valence-electron chi connectivity index (χ3n) is 2.38. The van der Waals surface area contributed by atoms with E-state index in [0.717, 1.165) is 12.8 Å². The number of hydrogen-bond donors (Lipinski definition) is 1. The summed E-state index contributed by atoms with van der Waals surface area (Å²) in [5.74, 6) is -0.882. The Balaban J connectivity index is 2.73. The Morgan fingerprint density at radius 3 is 2.88 bits per heavy atom. The molecule has 1 aromatic rings. The molecule has 16 heavy (non-hydrogen) atoms. The van der Waals surface area contributed by atoms with Crippen molar-refractivity contribution in [2.24, 2.45) is 5.92 Å². The highest BCUT2D eigenvalue weighted by atomic mass is 35.5. The van der Waals surface area contributed by atoms with Gasteiger partial charge >= 0.3 is 0 Å². The summed E-state index contributed by atoms with van der Waals surface area (Å²) in [6.07, 6.45) is 1.71. The maximum atomic E-state index is 13.5. The average molecular weight is 244 g/mol. The molecule has 1 amide bonds. The lowest BCUT2D eigenvalue weighted by Crippen LogP contribution is -2.20. The number of hydrogen-bond acceptors (Lipinski definition) is 1. The van der Waals surface area contributed by atoms with E-state index in [0.29, 0.717) is 0 Å². The van der Waals surface area contributed by atoms with Crippen LogP contribution in [0.1, 0.15) is 26.7 Å². The molecule has 0 fully saturated rings. The second kappa shape index (κ2) is 5.85. The number of carbonyl (C=O) groups is 1. The maximum absolute atomic E-state index is 13.5. The predicted molar refractivity (Wildman–Crippen MR) is 64.1 cm³/mol. The van der Waals surface area contributed by atoms with Crippen molar-refractivity contribution in [2.45, 2.75) is 26.7 Å². The fourth-order valence-corrected chi connectivity index (χ4v) is 1.59. The van der Waals surface area contributed by atoms with Gasteiger partial charge < -0.3 is 5.32 Å². The van der Waals surface area contributed by atoms with E-state index in [1.165, 1.54) is 12.1 Å². The molecule has 1 unspecified atom stereocenters. The summed E-state index contributed by atoms with van der Waals surface area (Å²) in [5.41, 5.74) is 0.139. The van der Waals surface area contributed by atoms with Gasteiger partial charge in [0.05, 0.1) is 10.7 Å². The molecule has 0 aliphatic rings. The van der Waals surface area contributed by atoms with E-state index in [9.17, 15) is 9.18 Å². The standard InChI is InChI=1S/C12H15ClFNO/c1-3-5-8(2)12(16)15-10-7-4-6-9(13)11(10)14/h4,6-8H,3,5H2,1-2H3,(H,15,16). The van der Waals surface area contributed by atoms with Crippen LogP contribution in [0.3, 0.4) is 0 Å². The van der Waals surface area contributed by atoms with Crippen molar-refractivity contribution in [3.05, 3.63) is 29.0 Å². The molecule has 2 nitrogen and oxygen atoms in total. The third-order valence-corrected chi connectivity index (χ3v) is 2.67. The Morgan fingerprint density at radius 2 is 2.25 bits per heavy atom. The summed E-state index contributed by atoms with van der Waals surface area (Å²) in [5, 5.41) is 2.55. The second-order valence-corrected chi connectivity index (χ2v) is 4.19. The summed E-state index contributed by atoms with van der Waals surface area (Å²) in [7, 11) is 0. The van der Waals surface area contributed by atoms with Gasteiger partial charge in [0.25, 0.3) is 0 Å². The Hall–Kier alpha value is -1.09. The predicted octanol–water partition coefficient (Wildman–Crippen LogP) is 3.85. The Morgan fingerprint density at radius 1 is 1.56 bits per heavy atom. The molecule has 0 aliphatic carbocycles. The Labute approximate surface area is 99.8 Å². The van der Waals surface area contributed by atoms with E-state index in [4.69, 9.17) is 11.6 Å². The molecule has 0 aliphatic heterocycles. The normalized spacial score (nSPS) is 12.2. The van der Waals surface area contributed by atoms with Gasteiger partial charge in [-0.05, 0) is 18.6 Å². The fourth-order valence-electron chi connectivity index (χ4n) is 1.42. The SMILES string of the molecule is CCCC(C)C(=O)Nc1cccc(Cl)c1F. The molecular formula is C12H15ClFNO. The molecule has 0 spiro atoms. The number of rotatable bonds is 4. The van der Waals surface area contributed by atoms with Crippen LogP contribution >= 0.6 is 11.6 Å². The molecule has 0 aromatic heterocycles. The lowest BCUT2D eigenvalue weighted by Gasteiger charge is -2.11. The second-order valence-electron chi connectivity index (χ2n) is 3.78. The van der Waals surface area contributed by atoms with E-state index >= 15 is 0 Å². The average Bonchev–Trinajstić information content (AvgIpc) is 2.25. The highest BCUT2D eigenvalue weighted by Gasteiger charge is 2.14. The number of carbonyl (C=O) groups excluding carboxylic acids is 1. The lowest BCUT2D eigenvalue weighted by atomic mass is 10.1. The van der Waals surface area contributed by atoms with Crippen LogP contribution in [0.15, 0.2) is 18.2 Å². The molecule has 0 heterocycles. The van der Waals surface area contributed by atoms with Gasteiger partial charge in [-0.15, -0.1) is 0 Å². The van der Waals surface area contributed by atoms with Crippen LogP contribution in [-0.4, -0.2) is 5.91 Å². The molecule has 1 rings (SSSR count). The Kier molecular flexibility index (Phi) is 4.74. The summed E-state index contributed by atoms with van der Waals surface area (Å²) in [6, 6.07) is 4.55. The van der Waals surface area contributed by atoms with Crippen LogP contribution in [0, 0.1) is 11.7 Å². The highest BCUT2D eigenvalue weighted by molar-refractivity contribution is 6.31. The molecule has 0 saturated carbocycles. The van der Waals surface area contributed by atoms with Crippen LogP contribution in [-0.2, 0) is 4.79 Å². The molecule has 88 valence electrons. The quantitative estimate of drug-likeness (QED) is 0.855. The van der Waals surface area contributed by atoms with Crippen molar-refractivity contribution in [3.63, 3.8) is 0 Å². The molecule has 1 atom stereocenters. The minimum absolute atomic E-state index is 0.0148. The van der Waals surface area contributed by atoms with E-state index in [2.05, 4.69) is 5.32 Å². The number of benzene rings is 1. The number of amides is 1. The monoisotopic (exact) mass is 243 g/mol. The van der Waals surface area contributed by atoms with E-state index < -0.39 is 5.82 Å². The van der Waals surface area contributed by atoms with E-state index in [1.54, 1.807) is 6.07 Å². The fraction of sp³-hybridized carbons (Fsp3) is 0.417. The van der Waals surface area contributed by atoms with Crippen molar-refractivity contribution in [1.82, 2.24) is 0 Å². The van der Waals surface area contributed by atoms with Gasteiger partial charge in [-0.25, -0.2) is 4.39 Å². The molecule has 0 saturated heterocycles. The van der Waals surface area contributed by atoms with Gasteiger partial charge in [0.1, 0.15) is 0 Å². The van der Waals surface area contributed by atoms with Crippen LogP contribution in [0.2, 0.25) is 5.02 Å². The third kappa shape index (κ3) is 3.20. The first kappa shape index (κ1) is 13.0. The summed E-state index contributed by atoms with van der Waals surface area (Å²) < 4.78 is 13.5. The van der Waals surface area contributed by atoms with Crippen LogP contribution < -0.4 is 5.32 Å². The van der Waals surface area contributed by atoms with Crippen LogP contribution in [0.5, 0.6) is 0 Å². The van der Waals surface area contributed by atoms with Gasteiger partial charge in [-0.3, -0.25) is 4.79 Å². The van der Waals surface area contributed by atoms with Crippen molar-refractivity contribution in [2.75, 3.05) is 5.32 Å². The van der Waals surface area contributed by atoms with Crippen LogP contribution in [0.25, 0.3) is 0 Å². The van der Waals surface area contributed by atoms with Crippen molar-refractivity contribution < 1.29 is 9.18 Å². The van der Waals surface area contributed by atoms with Crippen molar-refractivity contribution in [3.8, 4) is 0 Å². The van der Waals surface area contributed by atoms with Gasteiger partial charge in [0.15, 0.2) is 5.82 Å². The number of anilines is 1. The Bertz CT molecular complexity index is 381. The molecule has 0 bridgehead atoms. The van der Waals surface area contributed by atoms with Crippen LogP contribution in [0.4, 0.5) is 10.1 Å². The number of halogens is 2. The smallest absolute Gasteiger partial charge is 0.227 e. The van der Waals surface area contributed by atoms with Crippen molar-refractivity contribution >= 4 is 23.2 Å². The van der Waals surface area contributed by atoms with E-state index in [-0.39, 0.29) is 22.5 Å².